The van der Waals surface area contributed by atoms with Gasteiger partial charge in [0.1, 0.15) is 17.2 Å². The summed E-state index contributed by atoms with van der Waals surface area (Å²) in [5, 5.41) is 0. The largest absolute Gasteiger partial charge is 0.444 e. The predicted octanol–water partition coefficient (Wildman–Crippen LogP) is 7.42. The van der Waals surface area contributed by atoms with Crippen molar-refractivity contribution >= 4 is 34.1 Å². The molecule has 5 aromatic rings. The van der Waals surface area contributed by atoms with Crippen LogP contribution >= 0.6 is 0 Å². The van der Waals surface area contributed by atoms with Gasteiger partial charge in [-0.25, -0.2) is 14.8 Å². The monoisotopic (exact) mass is 647 g/mol. The highest BCUT2D eigenvalue weighted by atomic mass is 16.6. The SMILES string of the molecule is CC(C)(C)OC(=O)N1CCCC1c1nc2ccc(-c3ccc(-c4ccc5nc(C6(C(N)=O)CCCN6C(C)(C)C)[nH]c5c4)cc3)cc2[nH]1. The number of fused-ring (bicyclic) bond motifs is 2. The van der Waals surface area contributed by atoms with Crippen LogP contribution in [0.1, 0.15) is 84.9 Å². The van der Waals surface area contributed by atoms with Gasteiger partial charge in [-0.2, -0.15) is 0 Å². The number of amides is 2. The van der Waals surface area contributed by atoms with Crippen LogP contribution in [0.25, 0.3) is 44.3 Å². The highest BCUT2D eigenvalue weighted by molar-refractivity contribution is 5.89. The molecule has 2 amide bonds. The number of likely N-dealkylation sites (tertiary alicyclic amines) is 2. The van der Waals surface area contributed by atoms with Gasteiger partial charge in [-0.1, -0.05) is 36.4 Å². The number of H-pyrrole nitrogens is 2. The molecule has 2 aromatic heterocycles. The standard InChI is InChI=1S/C38H45N7O3/c1-36(2,3)45-20-8-18-38(45,33(39)46)34-42-28-17-15-26(22-30(28)43-34)24-12-10-23(11-13-24)25-14-16-27-29(21-25)41-32(40-27)31-9-7-19-44(31)35(47)48-37(4,5)6/h10-17,21-22,31H,7-9,18-20H2,1-6H3,(H2,39,46)(H,40,41)(H,42,43). The van der Waals surface area contributed by atoms with Gasteiger partial charge in [0.05, 0.1) is 28.1 Å². The fraction of sp³-hybridized carbons (Fsp3) is 0.421. The van der Waals surface area contributed by atoms with Gasteiger partial charge in [0.2, 0.25) is 5.91 Å². The summed E-state index contributed by atoms with van der Waals surface area (Å²) in [5.41, 5.74) is 12.1. The van der Waals surface area contributed by atoms with Crippen LogP contribution in [0.15, 0.2) is 60.7 Å². The van der Waals surface area contributed by atoms with E-state index in [2.05, 4.69) is 84.2 Å². The van der Waals surface area contributed by atoms with Crippen molar-refractivity contribution in [3.8, 4) is 22.3 Å². The van der Waals surface area contributed by atoms with E-state index < -0.39 is 11.1 Å². The number of nitrogens with two attached hydrogens (primary N) is 1. The number of hydrogen-bond donors (Lipinski definition) is 3. The molecule has 0 radical (unpaired) electrons. The first-order chi connectivity index (χ1) is 22.7. The number of primary amides is 1. The molecule has 2 saturated heterocycles. The van der Waals surface area contributed by atoms with Crippen molar-refractivity contribution in [1.29, 1.82) is 0 Å². The van der Waals surface area contributed by atoms with E-state index in [1.807, 2.05) is 32.9 Å². The molecule has 0 saturated carbocycles. The van der Waals surface area contributed by atoms with E-state index in [9.17, 15) is 9.59 Å². The van der Waals surface area contributed by atoms with Gasteiger partial charge in [0.15, 0.2) is 5.54 Å². The summed E-state index contributed by atoms with van der Waals surface area (Å²) < 4.78 is 5.66. The Morgan fingerprint density at radius 2 is 1.40 bits per heavy atom. The zero-order chi connectivity index (χ0) is 34.0. The zero-order valence-corrected chi connectivity index (χ0v) is 28.7. The molecular weight excluding hydrogens is 602 g/mol. The molecule has 7 rings (SSSR count). The molecule has 0 aliphatic carbocycles. The number of imidazole rings is 2. The summed E-state index contributed by atoms with van der Waals surface area (Å²) >= 11 is 0. The number of aromatic amines is 2. The predicted molar refractivity (Wildman–Crippen MR) is 188 cm³/mol. The molecule has 3 aromatic carbocycles. The van der Waals surface area contributed by atoms with Crippen LogP contribution in [0.4, 0.5) is 4.79 Å². The molecule has 2 unspecified atom stereocenters. The van der Waals surface area contributed by atoms with Crippen molar-refractivity contribution in [2.45, 2.75) is 89.9 Å². The molecule has 2 atom stereocenters. The van der Waals surface area contributed by atoms with Crippen molar-refractivity contribution in [3.05, 3.63) is 72.3 Å². The minimum atomic E-state index is -0.954. The van der Waals surface area contributed by atoms with Crippen LogP contribution in [0.5, 0.6) is 0 Å². The normalized spacial score (nSPS) is 20.6. The third kappa shape index (κ3) is 5.61. The average Bonchev–Trinajstić information content (AvgIpc) is 3.83. The van der Waals surface area contributed by atoms with Crippen LogP contribution in [-0.4, -0.2) is 66.0 Å². The maximum atomic E-state index is 13.0. The van der Waals surface area contributed by atoms with E-state index in [-0.39, 0.29) is 23.6 Å². The average molecular weight is 648 g/mol. The van der Waals surface area contributed by atoms with E-state index >= 15 is 0 Å². The minimum absolute atomic E-state index is 0.129. The zero-order valence-electron chi connectivity index (χ0n) is 28.7. The van der Waals surface area contributed by atoms with Gasteiger partial charge in [0.25, 0.3) is 0 Å². The number of hydrogen-bond acceptors (Lipinski definition) is 6. The molecule has 10 nitrogen and oxygen atoms in total. The van der Waals surface area contributed by atoms with E-state index in [1.54, 1.807) is 4.90 Å². The summed E-state index contributed by atoms with van der Waals surface area (Å²) in [5.74, 6) is 1.04. The smallest absolute Gasteiger partial charge is 0.410 e. The van der Waals surface area contributed by atoms with Crippen LogP contribution in [0, 0.1) is 0 Å². The number of nitrogens with zero attached hydrogens (tertiary/aromatic N) is 4. The molecule has 2 aliphatic rings. The van der Waals surface area contributed by atoms with E-state index in [4.69, 9.17) is 20.4 Å². The highest BCUT2D eigenvalue weighted by Crippen LogP contribution is 2.43. The van der Waals surface area contributed by atoms with Crippen LogP contribution in [0.3, 0.4) is 0 Å². The number of carbonyl (C=O) groups excluding carboxylic acids is 2. The highest BCUT2D eigenvalue weighted by Gasteiger charge is 2.53. The number of ether oxygens (including phenoxy) is 1. The third-order valence-corrected chi connectivity index (χ3v) is 9.72. The Kier molecular flexibility index (Phi) is 7.62. The Morgan fingerprint density at radius 1 is 0.812 bits per heavy atom. The maximum Gasteiger partial charge on any atom is 0.410 e. The second-order valence-electron chi connectivity index (χ2n) is 15.2. The minimum Gasteiger partial charge on any atom is -0.444 e. The molecule has 4 heterocycles. The molecule has 4 N–H and O–H groups in total. The molecule has 48 heavy (non-hydrogen) atoms. The number of carbonyl (C=O) groups is 2. The van der Waals surface area contributed by atoms with Gasteiger partial charge in [-0.05, 0) is 114 Å². The molecule has 0 spiro atoms. The first-order valence-electron chi connectivity index (χ1n) is 16.9. The van der Waals surface area contributed by atoms with Crippen molar-refractivity contribution in [1.82, 2.24) is 29.7 Å². The Morgan fingerprint density at radius 3 is 1.98 bits per heavy atom. The van der Waals surface area contributed by atoms with Crippen molar-refractivity contribution in [2.75, 3.05) is 13.1 Å². The lowest BCUT2D eigenvalue weighted by molar-refractivity contribution is -0.133. The van der Waals surface area contributed by atoms with Crippen molar-refractivity contribution < 1.29 is 14.3 Å². The Labute approximate surface area is 281 Å². The maximum absolute atomic E-state index is 13.0. The third-order valence-electron chi connectivity index (χ3n) is 9.72. The lowest BCUT2D eigenvalue weighted by Crippen LogP contribution is -2.58. The first-order valence-corrected chi connectivity index (χ1v) is 16.9. The quantitative estimate of drug-likeness (QED) is 0.182. The molecule has 2 fully saturated rings. The number of aromatic nitrogens is 4. The molecule has 2 aliphatic heterocycles. The summed E-state index contributed by atoms with van der Waals surface area (Å²) in [6.07, 6.45) is 2.99. The Bertz CT molecular complexity index is 2010. The van der Waals surface area contributed by atoms with E-state index in [0.717, 1.165) is 76.0 Å². The van der Waals surface area contributed by atoms with E-state index in [1.165, 1.54) is 0 Å². The van der Waals surface area contributed by atoms with Crippen molar-refractivity contribution in [2.24, 2.45) is 5.73 Å². The van der Waals surface area contributed by atoms with Crippen LogP contribution in [0.2, 0.25) is 0 Å². The second-order valence-corrected chi connectivity index (χ2v) is 15.2. The topological polar surface area (TPSA) is 133 Å². The van der Waals surface area contributed by atoms with Gasteiger partial charge in [-0.15, -0.1) is 0 Å². The van der Waals surface area contributed by atoms with Gasteiger partial charge in [-0.3, -0.25) is 14.6 Å². The summed E-state index contributed by atoms with van der Waals surface area (Å²) in [6, 6.07) is 20.7. The first kappa shape index (κ1) is 31.9. The molecule has 0 bridgehead atoms. The Balaban J connectivity index is 1.13. The summed E-state index contributed by atoms with van der Waals surface area (Å²) in [4.78, 5) is 46.6. The number of rotatable bonds is 5. The van der Waals surface area contributed by atoms with Crippen LogP contribution < -0.4 is 5.73 Å². The van der Waals surface area contributed by atoms with Gasteiger partial charge < -0.3 is 20.4 Å². The van der Waals surface area contributed by atoms with Gasteiger partial charge in [0, 0.05) is 18.6 Å². The second kappa shape index (κ2) is 11.5. The fourth-order valence-electron chi connectivity index (χ4n) is 7.54. The Hall–Kier alpha value is -4.70. The molecule has 250 valence electrons. The summed E-state index contributed by atoms with van der Waals surface area (Å²) in [7, 11) is 0. The van der Waals surface area contributed by atoms with Crippen molar-refractivity contribution in [3.63, 3.8) is 0 Å². The lowest BCUT2D eigenvalue weighted by Gasteiger charge is -2.43. The van der Waals surface area contributed by atoms with E-state index in [0.29, 0.717) is 18.8 Å². The number of nitrogens with one attached hydrogen (secondary N) is 2. The number of benzene rings is 3. The fourth-order valence-corrected chi connectivity index (χ4v) is 7.54. The molecule has 10 heteroatoms. The van der Waals surface area contributed by atoms with Gasteiger partial charge >= 0.3 is 6.09 Å². The lowest BCUT2D eigenvalue weighted by atomic mass is 9.90. The van der Waals surface area contributed by atoms with Crippen LogP contribution in [-0.2, 0) is 15.1 Å². The molecular formula is C38H45N7O3. The summed E-state index contributed by atoms with van der Waals surface area (Å²) in [6.45, 7) is 13.5.